The Morgan fingerprint density at radius 3 is 2.28 bits per heavy atom. The van der Waals surface area contributed by atoms with E-state index in [4.69, 9.17) is 9.47 Å². The molecule has 3 rings (SSSR count). The summed E-state index contributed by atoms with van der Waals surface area (Å²) in [4.78, 5) is 14.7. The standard InChI is InChI=1S/C21H26N2O5S/c1-22(15-16-6-8-17(27-2)9-7-16)21(24)19-14-18(10-11-20(19)28-3)29(25,26)23-12-4-5-13-23/h6-11,14H,4-5,12-13,15H2,1-3H3. The van der Waals surface area contributed by atoms with Gasteiger partial charge in [-0.2, -0.15) is 4.31 Å². The fraction of sp³-hybridized carbons (Fsp3) is 0.381. The van der Waals surface area contributed by atoms with Crippen LogP contribution in [0, 0.1) is 0 Å². The van der Waals surface area contributed by atoms with Crippen molar-refractivity contribution in [1.29, 1.82) is 0 Å². The van der Waals surface area contributed by atoms with Gasteiger partial charge >= 0.3 is 0 Å². The number of ether oxygens (including phenoxy) is 2. The maximum atomic E-state index is 13.1. The summed E-state index contributed by atoms with van der Waals surface area (Å²) in [5.41, 5.74) is 1.16. The van der Waals surface area contributed by atoms with Crippen molar-refractivity contribution in [1.82, 2.24) is 9.21 Å². The predicted molar refractivity (Wildman–Crippen MR) is 110 cm³/mol. The van der Waals surface area contributed by atoms with Gasteiger partial charge in [0.25, 0.3) is 5.91 Å². The molecule has 0 bridgehead atoms. The molecule has 0 unspecified atom stereocenters. The Balaban J connectivity index is 1.86. The zero-order valence-corrected chi connectivity index (χ0v) is 17.7. The van der Waals surface area contributed by atoms with Crippen LogP contribution in [0.5, 0.6) is 11.5 Å². The Morgan fingerprint density at radius 2 is 1.69 bits per heavy atom. The zero-order valence-electron chi connectivity index (χ0n) is 16.9. The minimum atomic E-state index is -3.62. The summed E-state index contributed by atoms with van der Waals surface area (Å²) in [6.45, 7) is 1.39. The molecule has 1 amide bonds. The van der Waals surface area contributed by atoms with Gasteiger partial charge in [0, 0.05) is 26.7 Å². The number of nitrogens with zero attached hydrogens (tertiary/aromatic N) is 2. The van der Waals surface area contributed by atoms with Crippen molar-refractivity contribution in [3.05, 3.63) is 53.6 Å². The van der Waals surface area contributed by atoms with Gasteiger partial charge in [0.05, 0.1) is 24.7 Å². The van der Waals surface area contributed by atoms with E-state index in [0.717, 1.165) is 24.2 Å². The summed E-state index contributed by atoms with van der Waals surface area (Å²) in [7, 11) is 1.12. The zero-order chi connectivity index (χ0) is 21.0. The molecular weight excluding hydrogens is 392 g/mol. The fourth-order valence-electron chi connectivity index (χ4n) is 3.37. The van der Waals surface area contributed by atoms with Crippen LogP contribution in [0.2, 0.25) is 0 Å². The second-order valence-electron chi connectivity index (χ2n) is 6.98. The van der Waals surface area contributed by atoms with Crippen molar-refractivity contribution in [2.45, 2.75) is 24.3 Å². The summed E-state index contributed by atoms with van der Waals surface area (Å²) in [6, 6.07) is 11.9. The Labute approximate surface area is 171 Å². The topological polar surface area (TPSA) is 76.2 Å². The van der Waals surface area contributed by atoms with E-state index < -0.39 is 10.0 Å². The molecule has 0 atom stereocenters. The monoisotopic (exact) mass is 418 g/mol. The Bertz CT molecular complexity index is 967. The van der Waals surface area contributed by atoms with Crippen LogP contribution in [-0.2, 0) is 16.6 Å². The van der Waals surface area contributed by atoms with Crippen LogP contribution >= 0.6 is 0 Å². The first-order valence-corrected chi connectivity index (χ1v) is 10.9. The van der Waals surface area contributed by atoms with Gasteiger partial charge in [0.1, 0.15) is 11.5 Å². The van der Waals surface area contributed by atoms with E-state index >= 15 is 0 Å². The number of rotatable bonds is 7. The molecule has 1 aliphatic rings. The first-order chi connectivity index (χ1) is 13.9. The third kappa shape index (κ3) is 4.54. The van der Waals surface area contributed by atoms with Gasteiger partial charge in [0.2, 0.25) is 10.0 Å². The molecule has 0 spiro atoms. The van der Waals surface area contributed by atoms with Crippen molar-refractivity contribution in [2.24, 2.45) is 0 Å². The van der Waals surface area contributed by atoms with Gasteiger partial charge in [-0.15, -0.1) is 0 Å². The quantitative estimate of drug-likeness (QED) is 0.691. The molecule has 0 N–H and O–H groups in total. The lowest BCUT2D eigenvalue weighted by Crippen LogP contribution is -2.29. The SMILES string of the molecule is COc1ccc(CN(C)C(=O)c2cc(S(=O)(=O)N3CCCC3)ccc2OC)cc1. The minimum absolute atomic E-state index is 0.112. The lowest BCUT2D eigenvalue weighted by molar-refractivity contribution is 0.0781. The van der Waals surface area contributed by atoms with Gasteiger partial charge in [-0.3, -0.25) is 4.79 Å². The summed E-state index contributed by atoms with van der Waals surface area (Å²) in [5.74, 6) is 0.775. The molecule has 1 heterocycles. The molecule has 0 saturated carbocycles. The number of hydrogen-bond acceptors (Lipinski definition) is 5. The number of amides is 1. The van der Waals surface area contributed by atoms with E-state index in [9.17, 15) is 13.2 Å². The number of carbonyl (C=O) groups is 1. The Morgan fingerprint density at radius 1 is 1.03 bits per heavy atom. The molecule has 7 nitrogen and oxygen atoms in total. The lowest BCUT2D eigenvalue weighted by atomic mass is 10.1. The second kappa shape index (κ2) is 8.84. The van der Waals surface area contributed by atoms with Crippen LogP contribution in [-0.4, -0.2) is 57.9 Å². The molecule has 156 valence electrons. The molecule has 1 aliphatic heterocycles. The fourth-order valence-corrected chi connectivity index (χ4v) is 4.92. The molecule has 29 heavy (non-hydrogen) atoms. The molecule has 0 aromatic heterocycles. The second-order valence-corrected chi connectivity index (χ2v) is 8.92. The Hall–Kier alpha value is -2.58. The normalized spacial score (nSPS) is 14.6. The highest BCUT2D eigenvalue weighted by atomic mass is 32.2. The third-order valence-electron chi connectivity index (χ3n) is 5.03. The molecule has 1 saturated heterocycles. The van der Waals surface area contributed by atoms with Crippen LogP contribution in [0.25, 0.3) is 0 Å². The van der Waals surface area contributed by atoms with Crippen LogP contribution in [0.3, 0.4) is 0 Å². The minimum Gasteiger partial charge on any atom is -0.497 e. The van der Waals surface area contributed by atoms with Crippen molar-refractivity contribution in [3.63, 3.8) is 0 Å². The molecule has 0 radical (unpaired) electrons. The van der Waals surface area contributed by atoms with Crippen molar-refractivity contribution >= 4 is 15.9 Å². The van der Waals surface area contributed by atoms with Gasteiger partial charge in [0.15, 0.2) is 0 Å². The molecular formula is C21H26N2O5S. The van der Waals surface area contributed by atoms with Crippen molar-refractivity contribution < 1.29 is 22.7 Å². The predicted octanol–water partition coefficient (Wildman–Crippen LogP) is 2.76. The first-order valence-electron chi connectivity index (χ1n) is 9.43. The van der Waals surface area contributed by atoms with E-state index in [1.165, 1.54) is 34.5 Å². The summed E-state index contributed by atoms with van der Waals surface area (Å²) in [5, 5.41) is 0. The van der Waals surface area contributed by atoms with E-state index in [1.807, 2.05) is 24.3 Å². The van der Waals surface area contributed by atoms with E-state index in [-0.39, 0.29) is 16.4 Å². The van der Waals surface area contributed by atoms with Gasteiger partial charge in [-0.25, -0.2) is 8.42 Å². The number of methoxy groups -OCH3 is 2. The van der Waals surface area contributed by atoms with Crippen LogP contribution in [0.15, 0.2) is 47.4 Å². The molecule has 2 aromatic rings. The highest BCUT2D eigenvalue weighted by molar-refractivity contribution is 7.89. The largest absolute Gasteiger partial charge is 0.497 e. The van der Waals surface area contributed by atoms with Crippen molar-refractivity contribution in [3.8, 4) is 11.5 Å². The van der Waals surface area contributed by atoms with Gasteiger partial charge in [-0.1, -0.05) is 12.1 Å². The van der Waals surface area contributed by atoms with Gasteiger partial charge < -0.3 is 14.4 Å². The van der Waals surface area contributed by atoms with E-state index in [0.29, 0.717) is 25.4 Å². The number of hydrogen-bond donors (Lipinski definition) is 0. The van der Waals surface area contributed by atoms with Crippen LogP contribution in [0.1, 0.15) is 28.8 Å². The number of benzene rings is 2. The highest BCUT2D eigenvalue weighted by Gasteiger charge is 2.29. The maximum absolute atomic E-state index is 13.1. The summed E-state index contributed by atoms with van der Waals surface area (Å²) in [6.07, 6.45) is 1.71. The smallest absolute Gasteiger partial charge is 0.257 e. The molecule has 8 heteroatoms. The highest BCUT2D eigenvalue weighted by Crippen LogP contribution is 2.27. The molecule has 1 fully saturated rings. The van der Waals surface area contributed by atoms with Gasteiger partial charge in [-0.05, 0) is 48.7 Å². The Kier molecular flexibility index (Phi) is 6.44. The molecule has 2 aromatic carbocycles. The summed E-state index contributed by atoms with van der Waals surface area (Å²) < 4.78 is 37.7. The number of sulfonamides is 1. The average molecular weight is 419 g/mol. The van der Waals surface area contributed by atoms with Crippen LogP contribution < -0.4 is 9.47 Å². The lowest BCUT2D eigenvalue weighted by Gasteiger charge is -2.21. The molecule has 0 aliphatic carbocycles. The average Bonchev–Trinajstić information content (AvgIpc) is 3.29. The van der Waals surface area contributed by atoms with E-state index in [1.54, 1.807) is 14.2 Å². The van der Waals surface area contributed by atoms with Crippen LogP contribution in [0.4, 0.5) is 0 Å². The third-order valence-corrected chi connectivity index (χ3v) is 6.92. The van der Waals surface area contributed by atoms with Crippen molar-refractivity contribution in [2.75, 3.05) is 34.4 Å². The number of carbonyl (C=O) groups excluding carboxylic acids is 1. The first kappa shape index (κ1) is 21.1. The maximum Gasteiger partial charge on any atom is 0.257 e. The summed E-state index contributed by atoms with van der Waals surface area (Å²) >= 11 is 0. The van der Waals surface area contributed by atoms with E-state index in [2.05, 4.69) is 0 Å².